The first-order valence-electron chi connectivity index (χ1n) is 14.0. The van der Waals surface area contributed by atoms with Crippen LogP contribution in [0.1, 0.15) is 66.8 Å². The molecule has 1 saturated carbocycles. The molecule has 0 bridgehead atoms. The van der Waals surface area contributed by atoms with Gasteiger partial charge in [0.1, 0.15) is 11.4 Å². The topological polar surface area (TPSA) is 108 Å². The Kier molecular flexibility index (Phi) is 7.18. The minimum absolute atomic E-state index is 0.246. The molecular formula is C31H34N4O4. The highest BCUT2D eigenvalue weighted by atomic mass is 16.5. The normalized spacial score (nSPS) is 21.7. The molecule has 2 N–H and O–H groups in total. The van der Waals surface area contributed by atoms with Gasteiger partial charge < -0.3 is 19.7 Å². The Hall–Kier alpha value is -3.94. The van der Waals surface area contributed by atoms with Crippen LogP contribution in [0.3, 0.4) is 0 Å². The van der Waals surface area contributed by atoms with Gasteiger partial charge in [0.25, 0.3) is 0 Å². The number of fused-ring (bicyclic) bond motifs is 3. The number of nitrogens with zero attached hydrogens (tertiary/aromatic N) is 3. The molecule has 0 spiro atoms. The van der Waals surface area contributed by atoms with Gasteiger partial charge in [-0.1, -0.05) is 0 Å². The maximum atomic E-state index is 13.2. The molecule has 1 aliphatic heterocycles. The van der Waals surface area contributed by atoms with Gasteiger partial charge in [-0.15, -0.1) is 0 Å². The summed E-state index contributed by atoms with van der Waals surface area (Å²) in [5, 5.41) is 11.4. The Balaban J connectivity index is 1.02. The van der Waals surface area contributed by atoms with Crippen LogP contribution in [-0.4, -0.2) is 56.5 Å². The Morgan fingerprint density at radius 2 is 1.82 bits per heavy atom. The molecule has 1 unspecified atom stereocenters. The number of rotatable bonds is 7. The summed E-state index contributed by atoms with van der Waals surface area (Å²) in [5.41, 5.74) is 3.44. The van der Waals surface area contributed by atoms with Gasteiger partial charge in [-0.05, 0) is 92.3 Å². The molecule has 1 atom stereocenters. The second-order valence-corrected chi connectivity index (χ2v) is 11.1. The number of carboxylic acids is 1. The van der Waals surface area contributed by atoms with Crippen molar-refractivity contribution in [3.8, 4) is 5.75 Å². The standard InChI is InChI=1S/C31H34N4O4/c36-28(35-15-1-2-21(18-35)19-39-24-9-7-23(8-10-24)31(37)38)16-20-3-5-22(6-4-20)25-11-13-32-27-17-34-30-26(29(25)27)12-14-33-30/h7-14,17,20-22H,1-6,15-16,18-19H2,(H,33,34)(H,37,38). The summed E-state index contributed by atoms with van der Waals surface area (Å²) in [7, 11) is 0. The third-order valence-corrected chi connectivity index (χ3v) is 8.53. The summed E-state index contributed by atoms with van der Waals surface area (Å²) < 4.78 is 5.92. The molecule has 0 radical (unpaired) electrons. The van der Waals surface area contributed by atoms with Crippen molar-refractivity contribution in [2.24, 2.45) is 11.8 Å². The molecule has 8 heteroatoms. The van der Waals surface area contributed by atoms with Crippen LogP contribution in [0.4, 0.5) is 0 Å². The fourth-order valence-electron chi connectivity index (χ4n) is 6.41. The molecule has 1 amide bonds. The molecule has 39 heavy (non-hydrogen) atoms. The first kappa shape index (κ1) is 25.3. The van der Waals surface area contributed by atoms with Crippen LogP contribution in [0.25, 0.3) is 21.9 Å². The Morgan fingerprint density at radius 3 is 2.62 bits per heavy atom. The van der Waals surface area contributed by atoms with Crippen LogP contribution in [0, 0.1) is 11.8 Å². The van der Waals surface area contributed by atoms with Crippen LogP contribution in [0.5, 0.6) is 5.75 Å². The number of aromatic carboxylic acids is 1. The fourth-order valence-corrected chi connectivity index (χ4v) is 6.41. The monoisotopic (exact) mass is 526 g/mol. The van der Waals surface area contributed by atoms with Crippen LogP contribution in [-0.2, 0) is 4.79 Å². The van der Waals surface area contributed by atoms with E-state index in [-0.39, 0.29) is 17.4 Å². The second-order valence-electron chi connectivity index (χ2n) is 11.1. The lowest BCUT2D eigenvalue weighted by Gasteiger charge is -2.35. The van der Waals surface area contributed by atoms with E-state index in [9.17, 15) is 9.59 Å². The van der Waals surface area contributed by atoms with E-state index in [1.807, 2.05) is 23.5 Å². The minimum Gasteiger partial charge on any atom is -0.493 e. The van der Waals surface area contributed by atoms with Crippen molar-refractivity contribution in [3.05, 3.63) is 66.1 Å². The van der Waals surface area contributed by atoms with Gasteiger partial charge in [-0.2, -0.15) is 0 Å². The molecule has 1 aromatic carbocycles. The predicted octanol–water partition coefficient (Wildman–Crippen LogP) is 5.79. The van der Waals surface area contributed by atoms with E-state index in [1.54, 1.807) is 24.3 Å². The number of nitrogens with one attached hydrogen (secondary N) is 1. The van der Waals surface area contributed by atoms with E-state index in [2.05, 4.69) is 27.1 Å². The first-order valence-corrected chi connectivity index (χ1v) is 14.0. The van der Waals surface area contributed by atoms with Gasteiger partial charge in [-0.3, -0.25) is 9.78 Å². The van der Waals surface area contributed by atoms with Gasteiger partial charge in [0.05, 0.1) is 23.9 Å². The van der Waals surface area contributed by atoms with E-state index >= 15 is 0 Å². The molecule has 4 heterocycles. The quantitative estimate of drug-likeness (QED) is 0.316. The zero-order valence-corrected chi connectivity index (χ0v) is 22.0. The number of carbonyl (C=O) groups is 2. The Labute approximate surface area is 227 Å². The van der Waals surface area contributed by atoms with Crippen molar-refractivity contribution >= 4 is 33.8 Å². The summed E-state index contributed by atoms with van der Waals surface area (Å²) in [6.45, 7) is 2.08. The molecule has 6 rings (SSSR count). The Bertz CT molecular complexity index is 1470. The van der Waals surface area contributed by atoms with Crippen molar-refractivity contribution < 1.29 is 19.4 Å². The molecule has 3 aromatic heterocycles. The third-order valence-electron chi connectivity index (χ3n) is 8.53. The number of amides is 1. The highest BCUT2D eigenvalue weighted by Gasteiger charge is 2.29. The molecular weight excluding hydrogens is 492 g/mol. The molecule has 2 fully saturated rings. The van der Waals surface area contributed by atoms with Crippen molar-refractivity contribution in [3.63, 3.8) is 0 Å². The Morgan fingerprint density at radius 1 is 1.00 bits per heavy atom. The largest absolute Gasteiger partial charge is 0.493 e. The van der Waals surface area contributed by atoms with E-state index in [4.69, 9.17) is 9.84 Å². The van der Waals surface area contributed by atoms with Gasteiger partial charge in [0.2, 0.25) is 5.91 Å². The zero-order chi connectivity index (χ0) is 26.8. The minimum atomic E-state index is -0.946. The number of carbonyl (C=O) groups excluding carboxylic acids is 1. The van der Waals surface area contributed by atoms with Crippen molar-refractivity contribution in [1.82, 2.24) is 19.9 Å². The maximum Gasteiger partial charge on any atom is 0.335 e. The average molecular weight is 527 g/mol. The number of aromatic amines is 1. The lowest BCUT2D eigenvalue weighted by molar-refractivity contribution is -0.134. The second kappa shape index (κ2) is 11.0. The number of benzene rings is 1. The van der Waals surface area contributed by atoms with Crippen LogP contribution < -0.4 is 4.74 Å². The number of carboxylic acid groups (broad SMARTS) is 1. The third kappa shape index (κ3) is 5.46. The van der Waals surface area contributed by atoms with Gasteiger partial charge in [0.15, 0.2) is 0 Å². The van der Waals surface area contributed by atoms with E-state index in [0.717, 1.165) is 68.2 Å². The first-order chi connectivity index (χ1) is 19.0. The summed E-state index contributed by atoms with van der Waals surface area (Å²) in [4.78, 5) is 38.6. The molecule has 8 nitrogen and oxygen atoms in total. The number of pyridine rings is 2. The smallest absolute Gasteiger partial charge is 0.335 e. The maximum absolute atomic E-state index is 13.2. The molecule has 202 valence electrons. The number of hydrogen-bond acceptors (Lipinski definition) is 5. The van der Waals surface area contributed by atoms with Crippen LogP contribution >= 0.6 is 0 Å². The summed E-state index contributed by atoms with van der Waals surface area (Å²) in [6.07, 6.45) is 12.6. The predicted molar refractivity (Wildman–Crippen MR) is 149 cm³/mol. The number of piperidine rings is 1. The molecule has 1 aliphatic carbocycles. The van der Waals surface area contributed by atoms with Crippen molar-refractivity contribution in [2.45, 2.75) is 50.9 Å². The van der Waals surface area contributed by atoms with E-state index in [0.29, 0.717) is 30.6 Å². The molecule has 1 saturated heterocycles. The highest BCUT2D eigenvalue weighted by molar-refractivity contribution is 6.05. The molecule has 2 aliphatic rings. The number of hydrogen-bond donors (Lipinski definition) is 2. The summed E-state index contributed by atoms with van der Waals surface area (Å²) in [5.74, 6) is 1.18. The van der Waals surface area contributed by atoms with E-state index < -0.39 is 5.97 Å². The van der Waals surface area contributed by atoms with E-state index in [1.165, 1.54) is 10.9 Å². The zero-order valence-electron chi connectivity index (χ0n) is 22.0. The SMILES string of the molecule is O=C(O)c1ccc(OCC2CCCN(C(=O)CC3CCC(c4ccnc5cnc6[nH]ccc6c45)CC3)C2)cc1. The highest BCUT2D eigenvalue weighted by Crippen LogP contribution is 2.41. The van der Waals surface area contributed by atoms with Crippen molar-refractivity contribution in [1.29, 1.82) is 0 Å². The number of H-pyrrole nitrogens is 1. The van der Waals surface area contributed by atoms with Crippen LogP contribution in [0.2, 0.25) is 0 Å². The molecule has 4 aromatic rings. The van der Waals surface area contributed by atoms with Crippen molar-refractivity contribution in [2.75, 3.05) is 19.7 Å². The van der Waals surface area contributed by atoms with Gasteiger partial charge >= 0.3 is 5.97 Å². The lowest BCUT2D eigenvalue weighted by atomic mass is 9.76. The van der Waals surface area contributed by atoms with Crippen LogP contribution in [0.15, 0.2) is 55.0 Å². The lowest BCUT2D eigenvalue weighted by Crippen LogP contribution is -2.42. The van der Waals surface area contributed by atoms with Gasteiger partial charge in [-0.25, -0.2) is 9.78 Å². The number of likely N-dealkylation sites (tertiary alicyclic amines) is 1. The summed E-state index contributed by atoms with van der Waals surface area (Å²) >= 11 is 0. The number of ether oxygens (including phenoxy) is 1. The van der Waals surface area contributed by atoms with Gasteiger partial charge in [0, 0.05) is 48.6 Å². The average Bonchev–Trinajstić information content (AvgIpc) is 3.46. The number of aromatic nitrogens is 3. The summed E-state index contributed by atoms with van der Waals surface area (Å²) in [6, 6.07) is 10.8. The fraction of sp³-hybridized carbons (Fsp3) is 0.419.